The van der Waals surface area contributed by atoms with Crippen molar-refractivity contribution in [3.8, 4) is 0 Å². The van der Waals surface area contributed by atoms with Crippen LogP contribution in [0.3, 0.4) is 0 Å². The van der Waals surface area contributed by atoms with E-state index in [4.69, 9.17) is 9.47 Å². The number of nitrogens with one attached hydrogen (secondary N) is 1. The third kappa shape index (κ3) is 35.6. The van der Waals surface area contributed by atoms with Gasteiger partial charge in [-0.15, -0.1) is 0 Å². The van der Waals surface area contributed by atoms with Crippen molar-refractivity contribution < 1.29 is 51.8 Å². The molecule has 1 aliphatic rings. The lowest BCUT2D eigenvalue weighted by molar-refractivity contribution is -0.298. The number of aliphatic hydroxyl groups excluding tert-OH is 4. The van der Waals surface area contributed by atoms with Gasteiger partial charge in [0.05, 0.1) is 25.4 Å². The summed E-state index contributed by atoms with van der Waals surface area (Å²) in [6.07, 6.45) is 41.0. The Morgan fingerprint density at radius 2 is 0.969 bits per heavy atom. The Labute approximate surface area is 398 Å². The number of amides is 1. The molecule has 0 aromatic heterocycles. The van der Waals surface area contributed by atoms with E-state index < -0.39 is 59.9 Å². The Morgan fingerprint density at radius 1 is 0.600 bits per heavy atom. The molecule has 65 heavy (non-hydrogen) atoms. The van der Waals surface area contributed by atoms with Crippen molar-refractivity contribution >= 4 is 16.3 Å². The van der Waals surface area contributed by atoms with Crippen LogP contribution in [0.1, 0.15) is 258 Å². The van der Waals surface area contributed by atoms with Gasteiger partial charge in [-0.25, -0.2) is 4.18 Å². The largest absolute Gasteiger partial charge is 0.397 e. The summed E-state index contributed by atoms with van der Waals surface area (Å²) < 4.78 is 47.8. The van der Waals surface area contributed by atoms with E-state index in [9.17, 15) is 38.2 Å². The molecule has 1 saturated heterocycles. The van der Waals surface area contributed by atoms with Crippen LogP contribution in [0.2, 0.25) is 0 Å². The molecule has 1 amide bonds. The van der Waals surface area contributed by atoms with E-state index in [2.05, 4.69) is 23.3 Å². The third-order valence-corrected chi connectivity index (χ3v) is 13.5. The molecule has 0 saturated carbocycles. The van der Waals surface area contributed by atoms with Gasteiger partial charge in [-0.2, -0.15) is 8.42 Å². The van der Waals surface area contributed by atoms with Crippen molar-refractivity contribution in [3.63, 3.8) is 0 Å². The summed E-state index contributed by atoms with van der Waals surface area (Å²) in [4.78, 5) is 13.1. The fourth-order valence-corrected chi connectivity index (χ4v) is 9.38. The summed E-state index contributed by atoms with van der Waals surface area (Å²) in [5, 5.41) is 44.9. The van der Waals surface area contributed by atoms with E-state index in [1.807, 2.05) is 6.08 Å². The van der Waals surface area contributed by atoms with E-state index in [1.54, 1.807) is 6.08 Å². The lowest BCUT2D eigenvalue weighted by atomic mass is 9.99. The normalized spacial score (nSPS) is 20.1. The second-order valence-corrected chi connectivity index (χ2v) is 20.2. The molecule has 1 heterocycles. The number of hydrogen-bond donors (Lipinski definition) is 6. The molecule has 1 fully saturated rings. The molecule has 0 spiro atoms. The average Bonchev–Trinajstić information content (AvgIpc) is 3.28. The highest BCUT2D eigenvalue weighted by Crippen LogP contribution is 2.26. The molecular weight excluding hydrogens is 847 g/mol. The highest BCUT2D eigenvalue weighted by Gasteiger charge is 2.48. The molecule has 0 radical (unpaired) electrons. The molecule has 386 valence electrons. The van der Waals surface area contributed by atoms with Crippen LogP contribution in [0.15, 0.2) is 12.2 Å². The summed E-state index contributed by atoms with van der Waals surface area (Å²) in [5.74, 6) is -0.257. The molecule has 0 aliphatic carbocycles. The van der Waals surface area contributed by atoms with E-state index in [1.165, 1.54) is 193 Å². The molecule has 6 N–H and O–H groups in total. The standard InChI is InChI=1S/C52H101NO11S/c1-3-5-7-9-11-13-15-17-19-21-23-24-25-27-29-31-33-35-37-39-41-46(55)45(44-62-52-50(58)51(64-65(59,60)61)49(57)47(43-54)63-52)53-48(56)42-40-38-36-34-32-30-28-26-22-20-18-16-14-12-10-8-6-4-2/h39,41,45-47,49-52,54-55,57-58H,3-38,40,42-44H2,1-2H3,(H,53,56)(H,59,60,61)/b41-39+. The topological polar surface area (TPSA) is 192 Å². The Hall–Kier alpha value is -1.16. The Kier molecular flexibility index (Phi) is 40.8. The fourth-order valence-electron chi connectivity index (χ4n) is 8.87. The van der Waals surface area contributed by atoms with Gasteiger partial charge in [0.15, 0.2) is 6.29 Å². The van der Waals surface area contributed by atoms with Gasteiger partial charge in [0.2, 0.25) is 5.91 Å². The number of carbonyl (C=O) groups is 1. The van der Waals surface area contributed by atoms with Crippen molar-refractivity contribution in [1.29, 1.82) is 0 Å². The summed E-state index contributed by atoms with van der Waals surface area (Å²) >= 11 is 0. The Balaban J connectivity index is 2.42. The highest BCUT2D eigenvalue weighted by molar-refractivity contribution is 7.80. The number of rotatable bonds is 47. The molecule has 7 unspecified atom stereocenters. The fraction of sp³-hybridized carbons (Fsp3) is 0.942. The maximum Gasteiger partial charge on any atom is 0.397 e. The van der Waals surface area contributed by atoms with Crippen molar-refractivity contribution in [2.24, 2.45) is 0 Å². The molecule has 1 rings (SSSR count). The summed E-state index contributed by atoms with van der Waals surface area (Å²) in [5.41, 5.74) is 0. The predicted octanol–water partition coefficient (Wildman–Crippen LogP) is 11.9. The number of carbonyl (C=O) groups excluding carboxylic acids is 1. The first kappa shape index (κ1) is 61.9. The zero-order valence-corrected chi connectivity index (χ0v) is 42.4. The maximum atomic E-state index is 13.1. The van der Waals surface area contributed by atoms with Crippen LogP contribution in [0, 0.1) is 0 Å². The first-order valence-electron chi connectivity index (χ1n) is 27.1. The molecule has 0 aromatic carbocycles. The Morgan fingerprint density at radius 3 is 1.34 bits per heavy atom. The van der Waals surface area contributed by atoms with Gasteiger partial charge in [-0.3, -0.25) is 9.35 Å². The van der Waals surface area contributed by atoms with Crippen LogP contribution in [0.5, 0.6) is 0 Å². The first-order chi connectivity index (χ1) is 31.5. The second kappa shape index (κ2) is 42.9. The molecule has 13 heteroatoms. The van der Waals surface area contributed by atoms with Crippen LogP contribution in [0.25, 0.3) is 0 Å². The monoisotopic (exact) mass is 948 g/mol. The molecule has 0 aromatic rings. The van der Waals surface area contributed by atoms with Crippen LogP contribution < -0.4 is 5.32 Å². The minimum Gasteiger partial charge on any atom is -0.394 e. The van der Waals surface area contributed by atoms with Gasteiger partial charge < -0.3 is 35.2 Å². The van der Waals surface area contributed by atoms with Gasteiger partial charge in [-0.1, -0.05) is 244 Å². The minimum atomic E-state index is -5.08. The van der Waals surface area contributed by atoms with Crippen molar-refractivity contribution in [3.05, 3.63) is 12.2 Å². The molecule has 12 nitrogen and oxygen atoms in total. The number of aliphatic hydroxyl groups is 4. The molecular formula is C52H101NO11S. The minimum absolute atomic E-state index is 0.257. The first-order valence-corrected chi connectivity index (χ1v) is 28.4. The second-order valence-electron chi connectivity index (χ2n) is 19.2. The van der Waals surface area contributed by atoms with Gasteiger partial charge >= 0.3 is 10.4 Å². The summed E-state index contributed by atoms with van der Waals surface area (Å²) in [6.45, 7) is 3.43. The third-order valence-electron chi connectivity index (χ3n) is 13.1. The molecule has 1 aliphatic heterocycles. The van der Waals surface area contributed by atoms with E-state index in [0.717, 1.165) is 38.5 Å². The lowest BCUT2D eigenvalue weighted by Crippen LogP contribution is -2.61. The molecule has 7 atom stereocenters. The summed E-state index contributed by atoms with van der Waals surface area (Å²) in [7, 11) is -5.08. The zero-order valence-electron chi connectivity index (χ0n) is 41.6. The number of allylic oxidation sites excluding steroid dienone is 1. The van der Waals surface area contributed by atoms with E-state index in [-0.39, 0.29) is 18.9 Å². The van der Waals surface area contributed by atoms with Crippen molar-refractivity contribution in [2.75, 3.05) is 13.2 Å². The van der Waals surface area contributed by atoms with Gasteiger partial charge in [0.1, 0.15) is 24.4 Å². The van der Waals surface area contributed by atoms with Crippen molar-refractivity contribution in [1.82, 2.24) is 5.32 Å². The van der Waals surface area contributed by atoms with Crippen molar-refractivity contribution in [2.45, 2.75) is 301 Å². The number of unbranched alkanes of at least 4 members (excludes halogenated alkanes) is 35. The van der Waals surface area contributed by atoms with Crippen LogP contribution in [0.4, 0.5) is 0 Å². The highest BCUT2D eigenvalue weighted by atomic mass is 32.3. The zero-order chi connectivity index (χ0) is 47.6. The van der Waals surface area contributed by atoms with Crippen LogP contribution >= 0.6 is 0 Å². The van der Waals surface area contributed by atoms with E-state index in [0.29, 0.717) is 6.42 Å². The number of hydrogen-bond acceptors (Lipinski definition) is 10. The van der Waals surface area contributed by atoms with E-state index >= 15 is 0 Å². The SMILES string of the molecule is CCCCCCCCCCCCCCCCCCCC/C=C/C(O)C(COC1OC(CO)C(O)C(OS(=O)(=O)O)C1O)NC(=O)CCCCCCCCCCCCCCCCCCCC. The average molecular weight is 948 g/mol. The van der Waals surface area contributed by atoms with Crippen LogP contribution in [-0.4, -0.2) is 95.4 Å². The van der Waals surface area contributed by atoms with Gasteiger partial charge in [-0.05, 0) is 19.3 Å². The van der Waals surface area contributed by atoms with Crippen LogP contribution in [-0.2, 0) is 28.9 Å². The lowest BCUT2D eigenvalue weighted by Gasteiger charge is -2.41. The smallest absolute Gasteiger partial charge is 0.394 e. The quantitative estimate of drug-likeness (QED) is 0.0193. The molecule has 0 bridgehead atoms. The maximum absolute atomic E-state index is 13.1. The van der Waals surface area contributed by atoms with Gasteiger partial charge in [0, 0.05) is 6.42 Å². The Bertz CT molecular complexity index is 1210. The number of ether oxygens (including phenoxy) is 2. The predicted molar refractivity (Wildman–Crippen MR) is 264 cm³/mol. The van der Waals surface area contributed by atoms with Gasteiger partial charge in [0.25, 0.3) is 0 Å². The summed E-state index contributed by atoms with van der Waals surface area (Å²) in [6, 6.07) is -0.939.